The van der Waals surface area contributed by atoms with Gasteiger partial charge in [-0.05, 0) is 125 Å². The van der Waals surface area contributed by atoms with Gasteiger partial charge in [0, 0.05) is 23.9 Å². The molecule has 0 radical (unpaired) electrons. The van der Waals surface area contributed by atoms with Crippen LogP contribution in [0.2, 0.25) is 0 Å². The highest BCUT2D eigenvalue weighted by atomic mass is 16.5. The topological polar surface area (TPSA) is 58.6 Å². The average Bonchev–Trinajstić information content (AvgIpc) is 3.49. The number of carbonyl (C=O) groups excluding carboxylic acids is 1. The van der Waals surface area contributed by atoms with E-state index in [1.807, 2.05) is 6.08 Å². The van der Waals surface area contributed by atoms with Crippen LogP contribution in [0.4, 0.5) is 0 Å². The summed E-state index contributed by atoms with van der Waals surface area (Å²) in [5.74, 6) is 4.34. The SMILES string of the molecule is CC(NC1CCCC1)c1cccc(OCC[C@]23CCC4C5CCC(=O)C=C5C[C@H](C)C4C2CC[C@@]3(C)O)c1. The van der Waals surface area contributed by atoms with Gasteiger partial charge in [-0.15, -0.1) is 0 Å². The first-order chi connectivity index (χ1) is 18.3. The highest BCUT2D eigenvalue weighted by molar-refractivity contribution is 5.91. The van der Waals surface area contributed by atoms with E-state index in [-0.39, 0.29) is 5.41 Å². The van der Waals surface area contributed by atoms with E-state index in [2.05, 4.69) is 50.4 Å². The summed E-state index contributed by atoms with van der Waals surface area (Å²) in [6.45, 7) is 7.46. The summed E-state index contributed by atoms with van der Waals surface area (Å²) >= 11 is 0. The molecule has 1 aromatic rings. The summed E-state index contributed by atoms with van der Waals surface area (Å²) in [7, 11) is 0. The van der Waals surface area contributed by atoms with Crippen LogP contribution in [0.15, 0.2) is 35.9 Å². The molecule has 5 aliphatic rings. The van der Waals surface area contributed by atoms with Crippen molar-refractivity contribution in [3.05, 3.63) is 41.5 Å². The largest absolute Gasteiger partial charge is 0.494 e. The van der Waals surface area contributed by atoms with Crippen LogP contribution in [-0.2, 0) is 4.79 Å². The number of carbonyl (C=O) groups is 1. The van der Waals surface area contributed by atoms with E-state index >= 15 is 0 Å². The molecular weight excluding hydrogens is 470 g/mol. The van der Waals surface area contributed by atoms with Crippen molar-refractivity contribution >= 4 is 5.78 Å². The Hall–Kier alpha value is -1.65. The first-order valence-corrected chi connectivity index (χ1v) is 15.7. The van der Waals surface area contributed by atoms with E-state index in [9.17, 15) is 9.90 Å². The molecule has 38 heavy (non-hydrogen) atoms. The molecule has 2 N–H and O–H groups in total. The fraction of sp³-hybridized carbons (Fsp3) is 0.735. The molecule has 1 aromatic carbocycles. The van der Waals surface area contributed by atoms with Gasteiger partial charge < -0.3 is 15.2 Å². The summed E-state index contributed by atoms with van der Waals surface area (Å²) in [4.78, 5) is 12.1. The maximum Gasteiger partial charge on any atom is 0.155 e. The summed E-state index contributed by atoms with van der Waals surface area (Å²) in [5, 5.41) is 15.6. The molecule has 4 heteroatoms. The lowest BCUT2D eigenvalue weighted by Crippen LogP contribution is -2.55. The van der Waals surface area contributed by atoms with E-state index in [0.717, 1.165) is 50.7 Å². The molecule has 0 bridgehead atoms. The molecule has 8 atom stereocenters. The van der Waals surface area contributed by atoms with Crippen molar-refractivity contribution in [2.45, 2.75) is 116 Å². The van der Waals surface area contributed by atoms with E-state index in [1.54, 1.807) is 0 Å². The number of allylic oxidation sites excluding steroid dienone is 1. The van der Waals surface area contributed by atoms with E-state index in [0.29, 0.717) is 54.1 Å². The molecule has 0 heterocycles. The fourth-order valence-electron chi connectivity index (χ4n) is 10.0. The van der Waals surface area contributed by atoms with Gasteiger partial charge in [-0.3, -0.25) is 4.79 Å². The van der Waals surface area contributed by atoms with Crippen molar-refractivity contribution in [1.29, 1.82) is 0 Å². The number of ketones is 1. The van der Waals surface area contributed by atoms with Gasteiger partial charge in [-0.25, -0.2) is 0 Å². The van der Waals surface area contributed by atoms with Crippen LogP contribution in [0.5, 0.6) is 5.75 Å². The molecule has 0 saturated heterocycles. The lowest BCUT2D eigenvalue weighted by Gasteiger charge is -2.58. The number of nitrogens with one attached hydrogen (secondary N) is 1. The Morgan fingerprint density at radius 1 is 1.13 bits per heavy atom. The van der Waals surface area contributed by atoms with E-state index < -0.39 is 5.60 Å². The second-order valence-corrected chi connectivity index (χ2v) is 13.9. The van der Waals surface area contributed by atoms with Crippen molar-refractivity contribution in [2.75, 3.05) is 6.61 Å². The monoisotopic (exact) mass is 519 g/mol. The smallest absolute Gasteiger partial charge is 0.155 e. The third-order valence-electron chi connectivity index (χ3n) is 11.9. The third kappa shape index (κ3) is 4.68. The van der Waals surface area contributed by atoms with Gasteiger partial charge in [0.2, 0.25) is 0 Å². The van der Waals surface area contributed by atoms with Crippen molar-refractivity contribution in [3.63, 3.8) is 0 Å². The van der Waals surface area contributed by atoms with Gasteiger partial charge in [-0.1, -0.05) is 37.5 Å². The van der Waals surface area contributed by atoms with Gasteiger partial charge in [0.25, 0.3) is 0 Å². The number of ether oxygens (including phenoxy) is 1. The minimum atomic E-state index is -0.633. The number of aliphatic hydroxyl groups is 1. The Balaban J connectivity index is 1.15. The Kier molecular flexibility index (Phi) is 7.27. The molecule has 4 nitrogen and oxygen atoms in total. The summed E-state index contributed by atoms with van der Waals surface area (Å²) < 4.78 is 6.44. The molecule has 0 aliphatic heterocycles. The Morgan fingerprint density at radius 3 is 2.76 bits per heavy atom. The van der Waals surface area contributed by atoms with Crippen LogP contribution in [0.1, 0.15) is 109 Å². The number of fused-ring (bicyclic) bond motifs is 5. The number of rotatable bonds is 7. The van der Waals surface area contributed by atoms with E-state index in [1.165, 1.54) is 43.2 Å². The van der Waals surface area contributed by atoms with Crippen molar-refractivity contribution in [3.8, 4) is 5.75 Å². The number of hydrogen-bond acceptors (Lipinski definition) is 4. The van der Waals surface area contributed by atoms with E-state index in [4.69, 9.17) is 4.74 Å². The van der Waals surface area contributed by atoms with Crippen LogP contribution in [-0.4, -0.2) is 29.1 Å². The molecule has 4 fully saturated rings. The molecule has 4 saturated carbocycles. The zero-order valence-electron chi connectivity index (χ0n) is 23.9. The van der Waals surface area contributed by atoms with Crippen molar-refractivity contribution in [2.24, 2.45) is 35.0 Å². The van der Waals surface area contributed by atoms with Crippen LogP contribution < -0.4 is 10.1 Å². The highest BCUT2D eigenvalue weighted by Crippen LogP contribution is 2.67. The molecule has 6 rings (SSSR count). The minimum Gasteiger partial charge on any atom is -0.494 e. The second-order valence-electron chi connectivity index (χ2n) is 13.9. The third-order valence-corrected chi connectivity index (χ3v) is 11.9. The summed E-state index contributed by atoms with van der Waals surface area (Å²) in [5.41, 5.74) is 2.03. The number of benzene rings is 1. The van der Waals surface area contributed by atoms with Crippen LogP contribution in [0.25, 0.3) is 0 Å². The van der Waals surface area contributed by atoms with Crippen molar-refractivity contribution < 1.29 is 14.6 Å². The van der Waals surface area contributed by atoms with Crippen LogP contribution >= 0.6 is 0 Å². The Morgan fingerprint density at radius 2 is 1.95 bits per heavy atom. The van der Waals surface area contributed by atoms with Crippen LogP contribution in [0, 0.1) is 35.0 Å². The Labute approximate surface area is 230 Å². The minimum absolute atomic E-state index is 0.0664. The van der Waals surface area contributed by atoms with Gasteiger partial charge in [0.1, 0.15) is 5.75 Å². The average molecular weight is 520 g/mol. The van der Waals surface area contributed by atoms with Crippen LogP contribution in [0.3, 0.4) is 0 Å². The van der Waals surface area contributed by atoms with Gasteiger partial charge in [0.05, 0.1) is 12.2 Å². The lowest BCUT2D eigenvalue weighted by atomic mass is 9.47. The molecular formula is C34H49NO3. The second kappa shape index (κ2) is 10.4. The zero-order valence-corrected chi connectivity index (χ0v) is 23.9. The van der Waals surface area contributed by atoms with Crippen molar-refractivity contribution in [1.82, 2.24) is 5.32 Å². The maximum absolute atomic E-state index is 12.1. The first-order valence-electron chi connectivity index (χ1n) is 15.7. The quantitative estimate of drug-likeness (QED) is 0.401. The van der Waals surface area contributed by atoms with Gasteiger partial charge in [-0.2, -0.15) is 0 Å². The van der Waals surface area contributed by atoms with Gasteiger partial charge >= 0.3 is 0 Å². The summed E-state index contributed by atoms with van der Waals surface area (Å²) in [6, 6.07) is 9.62. The number of hydrogen-bond donors (Lipinski definition) is 2. The molecule has 5 unspecified atom stereocenters. The molecule has 0 aromatic heterocycles. The molecule has 5 aliphatic carbocycles. The Bertz CT molecular complexity index is 1060. The van der Waals surface area contributed by atoms with Gasteiger partial charge in [0.15, 0.2) is 5.78 Å². The lowest BCUT2D eigenvalue weighted by molar-refractivity contribution is -0.136. The molecule has 0 spiro atoms. The predicted molar refractivity (Wildman–Crippen MR) is 152 cm³/mol. The zero-order chi connectivity index (χ0) is 26.5. The maximum atomic E-state index is 12.1. The fourth-order valence-corrected chi connectivity index (χ4v) is 10.0. The summed E-state index contributed by atoms with van der Waals surface area (Å²) in [6.07, 6.45) is 15.3. The molecule has 208 valence electrons. The highest BCUT2D eigenvalue weighted by Gasteiger charge is 2.63. The normalized spacial score (nSPS) is 39.7. The molecule has 0 amide bonds. The standard InChI is InChI=1S/C34H49NO3/c1-22-19-25-20-27(36)11-12-29(25)30-13-16-34(31(32(22)30)14-15-33(34,3)37)17-18-38-28-10-6-7-24(21-28)23(2)35-26-8-4-5-9-26/h6-7,10,20-23,26,29-32,35,37H,4-5,8-9,11-19H2,1-3H3/t22-,23?,29?,30?,31?,32?,33+,34+/m0/s1. The predicted octanol–water partition coefficient (Wildman–Crippen LogP) is 7.17. The first kappa shape index (κ1) is 26.6.